The van der Waals surface area contributed by atoms with Crippen molar-refractivity contribution in [3.05, 3.63) is 28.3 Å². The van der Waals surface area contributed by atoms with Crippen LogP contribution >= 0.6 is 0 Å². The Morgan fingerprint density at radius 3 is 2.35 bits per heavy atom. The van der Waals surface area contributed by atoms with Gasteiger partial charge in [-0.05, 0) is 26.8 Å². The van der Waals surface area contributed by atoms with Crippen LogP contribution in [-0.4, -0.2) is 47.7 Å². The molecule has 0 unspecified atom stereocenters. The third-order valence-corrected chi connectivity index (χ3v) is 3.49. The second-order valence-corrected chi connectivity index (χ2v) is 6.45. The molecule has 1 heterocycles. The van der Waals surface area contributed by atoms with Crippen molar-refractivity contribution in [3.8, 4) is 0 Å². The van der Waals surface area contributed by atoms with E-state index < -0.39 is 10.5 Å². The van der Waals surface area contributed by atoms with Crippen LogP contribution in [0.3, 0.4) is 0 Å². The highest BCUT2D eigenvalue weighted by atomic mass is 16.6. The van der Waals surface area contributed by atoms with Gasteiger partial charge in [0.1, 0.15) is 5.60 Å². The van der Waals surface area contributed by atoms with Crippen LogP contribution in [0.1, 0.15) is 20.8 Å². The number of nitro groups is 1. The first kappa shape index (κ1) is 16.9. The van der Waals surface area contributed by atoms with Gasteiger partial charge in [-0.15, -0.1) is 0 Å². The number of nitrogens with zero attached hydrogens (tertiary/aromatic N) is 3. The fourth-order valence-electron chi connectivity index (χ4n) is 2.40. The molecular formula is C15H22N4O4. The van der Waals surface area contributed by atoms with Crippen molar-refractivity contribution in [1.29, 1.82) is 0 Å². The van der Waals surface area contributed by atoms with Crippen LogP contribution in [0.2, 0.25) is 0 Å². The molecule has 1 aliphatic rings. The molecule has 0 bridgehead atoms. The lowest BCUT2D eigenvalue weighted by atomic mass is 10.2. The second-order valence-electron chi connectivity index (χ2n) is 6.45. The molecule has 1 aliphatic heterocycles. The number of nitrogen functional groups attached to an aromatic ring is 1. The minimum Gasteiger partial charge on any atom is -0.444 e. The average Bonchev–Trinajstić information content (AvgIpc) is 2.45. The Hall–Kier alpha value is -2.51. The van der Waals surface area contributed by atoms with E-state index in [-0.39, 0.29) is 11.8 Å². The van der Waals surface area contributed by atoms with Gasteiger partial charge in [0, 0.05) is 38.3 Å². The quantitative estimate of drug-likeness (QED) is 0.509. The number of nitro benzene ring substituents is 1. The number of piperazine rings is 1. The maximum Gasteiger partial charge on any atom is 0.410 e. The van der Waals surface area contributed by atoms with E-state index in [4.69, 9.17) is 10.5 Å². The lowest BCUT2D eigenvalue weighted by molar-refractivity contribution is -0.384. The van der Waals surface area contributed by atoms with Crippen molar-refractivity contribution in [2.24, 2.45) is 0 Å². The molecule has 0 atom stereocenters. The average molecular weight is 322 g/mol. The van der Waals surface area contributed by atoms with Gasteiger partial charge in [0.05, 0.1) is 16.3 Å². The van der Waals surface area contributed by atoms with Crippen LogP contribution in [0.15, 0.2) is 18.2 Å². The number of hydrogen-bond acceptors (Lipinski definition) is 6. The summed E-state index contributed by atoms with van der Waals surface area (Å²) in [5, 5.41) is 10.8. The van der Waals surface area contributed by atoms with Crippen molar-refractivity contribution in [2.45, 2.75) is 26.4 Å². The van der Waals surface area contributed by atoms with Gasteiger partial charge in [-0.1, -0.05) is 0 Å². The third kappa shape index (κ3) is 4.24. The highest BCUT2D eigenvalue weighted by Gasteiger charge is 2.26. The number of hydrogen-bond donors (Lipinski definition) is 1. The summed E-state index contributed by atoms with van der Waals surface area (Å²) in [4.78, 5) is 26.0. The largest absolute Gasteiger partial charge is 0.444 e. The molecule has 0 radical (unpaired) electrons. The van der Waals surface area contributed by atoms with Gasteiger partial charge in [0.15, 0.2) is 0 Å². The van der Waals surface area contributed by atoms with Gasteiger partial charge in [0.2, 0.25) is 0 Å². The summed E-state index contributed by atoms with van der Waals surface area (Å²) in [7, 11) is 0. The van der Waals surface area contributed by atoms with Crippen LogP contribution < -0.4 is 10.6 Å². The number of ether oxygens (including phenoxy) is 1. The first-order valence-corrected chi connectivity index (χ1v) is 7.44. The molecule has 2 rings (SSSR count). The lowest BCUT2D eigenvalue weighted by Crippen LogP contribution is -2.50. The summed E-state index contributed by atoms with van der Waals surface area (Å²) in [6, 6.07) is 4.44. The summed E-state index contributed by atoms with van der Waals surface area (Å²) in [5.74, 6) is 0. The molecule has 1 saturated heterocycles. The molecule has 0 aliphatic carbocycles. The zero-order valence-corrected chi connectivity index (χ0v) is 13.6. The fourth-order valence-corrected chi connectivity index (χ4v) is 2.40. The molecule has 8 nitrogen and oxygen atoms in total. The van der Waals surface area contributed by atoms with Gasteiger partial charge in [-0.25, -0.2) is 4.79 Å². The molecule has 2 N–H and O–H groups in total. The highest BCUT2D eigenvalue weighted by molar-refractivity contribution is 5.72. The molecule has 126 valence electrons. The van der Waals surface area contributed by atoms with E-state index >= 15 is 0 Å². The Bertz CT molecular complexity index is 604. The van der Waals surface area contributed by atoms with Gasteiger partial charge in [-0.3, -0.25) is 10.1 Å². The van der Waals surface area contributed by atoms with Crippen LogP contribution in [0, 0.1) is 10.1 Å². The number of rotatable bonds is 2. The fraction of sp³-hybridized carbons (Fsp3) is 0.533. The molecule has 8 heteroatoms. The van der Waals surface area contributed by atoms with Crippen molar-refractivity contribution in [1.82, 2.24) is 4.90 Å². The third-order valence-electron chi connectivity index (χ3n) is 3.49. The Labute approximate surface area is 134 Å². The first-order chi connectivity index (χ1) is 10.7. The van der Waals surface area contributed by atoms with Crippen molar-refractivity contribution in [3.63, 3.8) is 0 Å². The first-order valence-electron chi connectivity index (χ1n) is 7.44. The van der Waals surface area contributed by atoms with Crippen LogP contribution in [0.25, 0.3) is 0 Å². The van der Waals surface area contributed by atoms with E-state index in [1.165, 1.54) is 12.1 Å². The number of non-ortho nitro benzene ring substituents is 1. The molecule has 1 amide bonds. The van der Waals surface area contributed by atoms with Gasteiger partial charge < -0.3 is 20.3 Å². The minimum atomic E-state index is -0.517. The zero-order chi connectivity index (χ0) is 17.2. The topological polar surface area (TPSA) is 102 Å². The molecule has 1 fully saturated rings. The van der Waals surface area contributed by atoms with E-state index in [2.05, 4.69) is 0 Å². The van der Waals surface area contributed by atoms with Gasteiger partial charge >= 0.3 is 6.09 Å². The van der Waals surface area contributed by atoms with E-state index in [1.54, 1.807) is 11.0 Å². The number of carbonyl (C=O) groups is 1. The summed E-state index contributed by atoms with van der Waals surface area (Å²) in [6.07, 6.45) is -0.325. The lowest BCUT2D eigenvalue weighted by Gasteiger charge is -2.37. The summed E-state index contributed by atoms with van der Waals surface area (Å²) in [6.45, 7) is 7.73. The number of benzene rings is 1. The van der Waals surface area contributed by atoms with Gasteiger partial charge in [-0.2, -0.15) is 0 Å². The van der Waals surface area contributed by atoms with Crippen molar-refractivity contribution in [2.75, 3.05) is 36.8 Å². The molecule has 23 heavy (non-hydrogen) atoms. The molecule has 0 saturated carbocycles. The van der Waals surface area contributed by atoms with E-state index in [1.807, 2.05) is 25.7 Å². The predicted molar refractivity (Wildman–Crippen MR) is 87.5 cm³/mol. The second kappa shape index (κ2) is 6.31. The van der Waals surface area contributed by atoms with E-state index in [0.29, 0.717) is 31.9 Å². The summed E-state index contributed by atoms with van der Waals surface area (Å²) < 4.78 is 5.35. The van der Waals surface area contributed by atoms with E-state index in [0.717, 1.165) is 5.69 Å². The Balaban J connectivity index is 1.99. The van der Waals surface area contributed by atoms with Crippen LogP contribution in [0.5, 0.6) is 0 Å². The number of amides is 1. The van der Waals surface area contributed by atoms with Crippen LogP contribution in [0.4, 0.5) is 21.9 Å². The van der Waals surface area contributed by atoms with Gasteiger partial charge in [0.25, 0.3) is 5.69 Å². The SMILES string of the molecule is CC(C)(C)OC(=O)N1CCN(c2ccc([N+](=O)[O-])cc2N)CC1. The molecular weight excluding hydrogens is 300 g/mol. The standard InChI is InChI=1S/C15H22N4O4/c1-15(2,3)23-14(20)18-8-6-17(7-9-18)13-5-4-11(19(21)22)10-12(13)16/h4-5,10H,6-9,16H2,1-3H3. The summed E-state index contributed by atoms with van der Waals surface area (Å²) in [5.41, 5.74) is 6.49. The van der Waals surface area contributed by atoms with Crippen LogP contribution in [-0.2, 0) is 4.74 Å². The zero-order valence-electron chi connectivity index (χ0n) is 13.6. The Morgan fingerprint density at radius 1 is 1.26 bits per heavy atom. The predicted octanol–water partition coefficient (Wildman–Crippen LogP) is 2.23. The number of carbonyl (C=O) groups excluding carboxylic acids is 1. The maximum atomic E-state index is 12.0. The Morgan fingerprint density at radius 2 is 1.87 bits per heavy atom. The normalized spacial score (nSPS) is 15.4. The molecule has 0 spiro atoms. The molecule has 1 aromatic rings. The van der Waals surface area contributed by atoms with Crippen molar-refractivity contribution >= 4 is 23.2 Å². The van der Waals surface area contributed by atoms with E-state index in [9.17, 15) is 14.9 Å². The number of anilines is 2. The molecule has 0 aromatic heterocycles. The summed E-state index contributed by atoms with van der Waals surface area (Å²) >= 11 is 0. The number of nitrogens with two attached hydrogens (primary N) is 1. The minimum absolute atomic E-state index is 0.0290. The maximum absolute atomic E-state index is 12.0. The highest BCUT2D eigenvalue weighted by Crippen LogP contribution is 2.28. The monoisotopic (exact) mass is 322 g/mol. The molecule has 1 aromatic carbocycles. The van der Waals surface area contributed by atoms with Crippen molar-refractivity contribution < 1.29 is 14.5 Å². The smallest absolute Gasteiger partial charge is 0.410 e. The Kier molecular flexibility index (Phi) is 4.63.